The molecular formula is C14H15BrN2O3. The smallest absolute Gasteiger partial charge is 0.240 e. The average molecular weight is 339 g/mol. The minimum Gasteiger partial charge on any atom is -0.383 e. The second kappa shape index (κ2) is 6.67. The molecule has 2 rings (SSSR count). The SMILES string of the molecule is COCCNC(=O)Cn1ccc(=O)c2cc(Br)ccc21. The molecule has 0 atom stereocenters. The fourth-order valence-corrected chi connectivity index (χ4v) is 2.29. The number of nitrogens with zero attached hydrogens (tertiary/aromatic N) is 1. The fourth-order valence-electron chi connectivity index (χ4n) is 1.92. The van der Waals surface area contributed by atoms with Gasteiger partial charge in [-0.25, -0.2) is 0 Å². The van der Waals surface area contributed by atoms with E-state index in [9.17, 15) is 9.59 Å². The lowest BCUT2D eigenvalue weighted by Gasteiger charge is -2.11. The molecule has 0 saturated carbocycles. The predicted octanol–water partition coefficient (Wildman–Crippen LogP) is 1.53. The third-order valence-corrected chi connectivity index (χ3v) is 3.37. The maximum Gasteiger partial charge on any atom is 0.240 e. The van der Waals surface area contributed by atoms with Crippen LogP contribution in [-0.2, 0) is 16.1 Å². The highest BCUT2D eigenvalue weighted by atomic mass is 79.9. The van der Waals surface area contributed by atoms with Gasteiger partial charge in [0.15, 0.2) is 5.43 Å². The lowest BCUT2D eigenvalue weighted by atomic mass is 10.2. The van der Waals surface area contributed by atoms with Crippen molar-refractivity contribution in [2.24, 2.45) is 0 Å². The van der Waals surface area contributed by atoms with Crippen LogP contribution in [0.2, 0.25) is 0 Å². The number of methoxy groups -OCH3 is 1. The van der Waals surface area contributed by atoms with Gasteiger partial charge in [-0.3, -0.25) is 9.59 Å². The van der Waals surface area contributed by atoms with Gasteiger partial charge in [-0.05, 0) is 18.2 Å². The number of hydrogen-bond acceptors (Lipinski definition) is 3. The van der Waals surface area contributed by atoms with Gasteiger partial charge in [0.05, 0.1) is 12.1 Å². The third kappa shape index (κ3) is 3.46. The van der Waals surface area contributed by atoms with Gasteiger partial charge in [0, 0.05) is 35.8 Å². The van der Waals surface area contributed by atoms with Crippen LogP contribution < -0.4 is 10.7 Å². The lowest BCUT2D eigenvalue weighted by molar-refractivity contribution is -0.121. The van der Waals surface area contributed by atoms with Crippen molar-refractivity contribution in [2.45, 2.75) is 6.54 Å². The predicted molar refractivity (Wildman–Crippen MR) is 80.8 cm³/mol. The zero-order chi connectivity index (χ0) is 14.5. The van der Waals surface area contributed by atoms with Crippen LogP contribution in [0, 0.1) is 0 Å². The molecular weight excluding hydrogens is 324 g/mol. The first kappa shape index (κ1) is 14.7. The summed E-state index contributed by atoms with van der Waals surface area (Å²) in [6.45, 7) is 1.12. The number of pyridine rings is 1. The van der Waals surface area contributed by atoms with E-state index in [4.69, 9.17) is 4.74 Å². The highest BCUT2D eigenvalue weighted by Crippen LogP contribution is 2.16. The van der Waals surface area contributed by atoms with Gasteiger partial charge in [-0.15, -0.1) is 0 Å². The fraction of sp³-hybridized carbons (Fsp3) is 0.286. The summed E-state index contributed by atoms with van der Waals surface area (Å²) < 4.78 is 7.47. The van der Waals surface area contributed by atoms with E-state index < -0.39 is 0 Å². The van der Waals surface area contributed by atoms with E-state index in [0.29, 0.717) is 18.5 Å². The van der Waals surface area contributed by atoms with Crippen molar-refractivity contribution in [1.82, 2.24) is 9.88 Å². The molecule has 0 bridgehead atoms. The molecule has 0 aliphatic carbocycles. The number of aromatic nitrogens is 1. The van der Waals surface area contributed by atoms with E-state index in [-0.39, 0.29) is 17.9 Å². The Labute approximate surface area is 124 Å². The quantitative estimate of drug-likeness (QED) is 0.841. The summed E-state index contributed by atoms with van der Waals surface area (Å²) in [4.78, 5) is 23.6. The van der Waals surface area contributed by atoms with Crippen molar-refractivity contribution in [1.29, 1.82) is 0 Å². The topological polar surface area (TPSA) is 60.3 Å². The molecule has 1 N–H and O–H groups in total. The number of rotatable bonds is 5. The summed E-state index contributed by atoms with van der Waals surface area (Å²) >= 11 is 3.34. The maximum absolute atomic E-state index is 11.8. The number of nitrogens with one attached hydrogen (secondary N) is 1. The van der Waals surface area contributed by atoms with Crippen LogP contribution in [0.3, 0.4) is 0 Å². The Morgan fingerprint density at radius 3 is 2.95 bits per heavy atom. The lowest BCUT2D eigenvalue weighted by Crippen LogP contribution is -2.30. The number of amides is 1. The molecule has 0 spiro atoms. The first-order valence-electron chi connectivity index (χ1n) is 6.16. The summed E-state index contributed by atoms with van der Waals surface area (Å²) in [5, 5.41) is 3.34. The van der Waals surface area contributed by atoms with Crippen molar-refractivity contribution in [3.05, 3.63) is 45.2 Å². The molecule has 1 aromatic heterocycles. The monoisotopic (exact) mass is 338 g/mol. The van der Waals surface area contributed by atoms with Crippen LogP contribution >= 0.6 is 15.9 Å². The van der Waals surface area contributed by atoms with Crippen LogP contribution in [-0.4, -0.2) is 30.7 Å². The van der Waals surface area contributed by atoms with Gasteiger partial charge in [-0.1, -0.05) is 15.9 Å². The van der Waals surface area contributed by atoms with Crippen LogP contribution in [0.1, 0.15) is 0 Å². The van der Waals surface area contributed by atoms with E-state index in [1.807, 2.05) is 12.1 Å². The van der Waals surface area contributed by atoms with Crippen molar-refractivity contribution in [3.63, 3.8) is 0 Å². The molecule has 106 valence electrons. The summed E-state index contributed by atoms with van der Waals surface area (Å²) in [5.41, 5.74) is 0.680. The van der Waals surface area contributed by atoms with Gasteiger partial charge in [-0.2, -0.15) is 0 Å². The summed E-state index contributed by atoms with van der Waals surface area (Å²) in [7, 11) is 1.58. The summed E-state index contributed by atoms with van der Waals surface area (Å²) in [5.74, 6) is -0.116. The number of carbonyl (C=O) groups is 1. The highest BCUT2D eigenvalue weighted by Gasteiger charge is 2.07. The highest BCUT2D eigenvalue weighted by molar-refractivity contribution is 9.10. The van der Waals surface area contributed by atoms with Crippen molar-refractivity contribution in [3.8, 4) is 0 Å². The molecule has 1 heterocycles. The second-order valence-electron chi connectivity index (χ2n) is 4.31. The van der Waals surface area contributed by atoms with E-state index >= 15 is 0 Å². The molecule has 0 fully saturated rings. The summed E-state index contributed by atoms with van der Waals surface area (Å²) in [6, 6.07) is 6.90. The van der Waals surface area contributed by atoms with Crippen molar-refractivity contribution >= 4 is 32.7 Å². The molecule has 0 radical (unpaired) electrons. The van der Waals surface area contributed by atoms with Crippen LogP contribution in [0.5, 0.6) is 0 Å². The molecule has 2 aromatic rings. The van der Waals surface area contributed by atoms with E-state index in [0.717, 1.165) is 9.99 Å². The number of benzene rings is 1. The zero-order valence-electron chi connectivity index (χ0n) is 11.1. The van der Waals surface area contributed by atoms with Gasteiger partial charge < -0.3 is 14.6 Å². The van der Waals surface area contributed by atoms with Gasteiger partial charge >= 0.3 is 0 Å². The van der Waals surface area contributed by atoms with Crippen LogP contribution in [0.25, 0.3) is 10.9 Å². The molecule has 0 unspecified atom stereocenters. The van der Waals surface area contributed by atoms with Gasteiger partial charge in [0.2, 0.25) is 5.91 Å². The first-order valence-corrected chi connectivity index (χ1v) is 6.95. The van der Waals surface area contributed by atoms with Gasteiger partial charge in [0.25, 0.3) is 0 Å². The minimum absolute atomic E-state index is 0.0580. The molecule has 5 nitrogen and oxygen atoms in total. The van der Waals surface area contributed by atoms with Gasteiger partial charge in [0.1, 0.15) is 6.54 Å². The molecule has 0 aliphatic heterocycles. The van der Waals surface area contributed by atoms with Crippen LogP contribution in [0.15, 0.2) is 39.7 Å². The Morgan fingerprint density at radius 1 is 1.40 bits per heavy atom. The number of fused-ring (bicyclic) bond motifs is 1. The Balaban J connectivity index is 2.25. The average Bonchev–Trinajstić information content (AvgIpc) is 2.42. The second-order valence-corrected chi connectivity index (χ2v) is 5.23. The number of hydrogen-bond donors (Lipinski definition) is 1. The van der Waals surface area contributed by atoms with Crippen molar-refractivity contribution < 1.29 is 9.53 Å². The molecule has 0 aliphatic rings. The largest absolute Gasteiger partial charge is 0.383 e. The Kier molecular flexibility index (Phi) is 4.92. The number of ether oxygens (including phenoxy) is 1. The third-order valence-electron chi connectivity index (χ3n) is 2.88. The van der Waals surface area contributed by atoms with Crippen LogP contribution in [0.4, 0.5) is 0 Å². The summed E-state index contributed by atoms with van der Waals surface area (Å²) in [6.07, 6.45) is 1.63. The maximum atomic E-state index is 11.8. The van der Waals surface area contributed by atoms with E-state index in [1.54, 1.807) is 23.9 Å². The number of halogens is 1. The standard InChI is InChI=1S/C14H15BrN2O3/c1-20-7-5-16-14(19)9-17-6-4-13(18)11-8-10(15)2-3-12(11)17/h2-4,6,8H,5,7,9H2,1H3,(H,16,19). The Bertz CT molecular complexity index is 682. The molecule has 1 aromatic carbocycles. The van der Waals surface area contributed by atoms with E-state index in [1.165, 1.54) is 6.07 Å². The normalized spacial score (nSPS) is 10.7. The molecule has 1 amide bonds. The minimum atomic E-state index is -0.116. The Hall–Kier alpha value is -1.66. The van der Waals surface area contributed by atoms with E-state index in [2.05, 4.69) is 21.2 Å². The first-order chi connectivity index (χ1) is 9.61. The molecule has 0 saturated heterocycles. The molecule has 6 heteroatoms. The number of carbonyl (C=O) groups excluding carboxylic acids is 1. The van der Waals surface area contributed by atoms with Crippen molar-refractivity contribution in [2.75, 3.05) is 20.3 Å². The molecule has 20 heavy (non-hydrogen) atoms. The Morgan fingerprint density at radius 2 is 2.20 bits per heavy atom. The zero-order valence-corrected chi connectivity index (χ0v) is 12.6.